The molecule has 2 rings (SSSR count). The molecule has 20 heavy (non-hydrogen) atoms. The third-order valence-electron chi connectivity index (χ3n) is 2.75. The van der Waals surface area contributed by atoms with Crippen molar-refractivity contribution >= 4 is 17.3 Å². The third-order valence-corrected chi connectivity index (χ3v) is 2.75. The maximum absolute atomic E-state index is 13.0. The topological polar surface area (TPSA) is 72.2 Å². The number of aryl methyl sites for hydroxylation is 1. The van der Waals surface area contributed by atoms with E-state index in [9.17, 15) is 19.3 Å². The summed E-state index contributed by atoms with van der Waals surface area (Å²) in [6.45, 7) is 1.62. The Balaban J connectivity index is 2.23. The van der Waals surface area contributed by atoms with E-state index in [1.165, 1.54) is 36.4 Å². The Morgan fingerprint density at radius 2 is 2.00 bits per heavy atom. The van der Waals surface area contributed by atoms with Crippen molar-refractivity contribution in [2.45, 2.75) is 6.92 Å². The summed E-state index contributed by atoms with van der Waals surface area (Å²) in [5.74, 6) is -0.864. The number of hydrogen-bond acceptors (Lipinski definition) is 3. The molecule has 0 saturated heterocycles. The second kappa shape index (κ2) is 5.48. The molecule has 0 aliphatic rings. The highest BCUT2D eigenvalue weighted by atomic mass is 19.1. The lowest BCUT2D eigenvalue weighted by Crippen LogP contribution is -2.13. The van der Waals surface area contributed by atoms with Gasteiger partial charge in [0.1, 0.15) is 5.82 Å². The number of carbonyl (C=O) groups is 1. The van der Waals surface area contributed by atoms with Crippen LogP contribution < -0.4 is 5.32 Å². The van der Waals surface area contributed by atoms with Gasteiger partial charge in [0.05, 0.1) is 4.92 Å². The van der Waals surface area contributed by atoms with Crippen LogP contribution >= 0.6 is 0 Å². The molecule has 0 fully saturated rings. The minimum atomic E-state index is -0.543. The second-order valence-electron chi connectivity index (χ2n) is 4.22. The van der Waals surface area contributed by atoms with Crippen LogP contribution in [0.15, 0.2) is 42.5 Å². The zero-order valence-corrected chi connectivity index (χ0v) is 10.6. The van der Waals surface area contributed by atoms with Gasteiger partial charge in [-0.15, -0.1) is 0 Å². The van der Waals surface area contributed by atoms with Gasteiger partial charge in [-0.1, -0.05) is 6.07 Å². The van der Waals surface area contributed by atoms with Crippen LogP contribution in [-0.2, 0) is 0 Å². The van der Waals surface area contributed by atoms with Gasteiger partial charge in [0, 0.05) is 23.4 Å². The Labute approximate surface area is 114 Å². The smallest absolute Gasteiger partial charge is 0.271 e. The minimum absolute atomic E-state index is 0.112. The van der Waals surface area contributed by atoms with E-state index in [0.29, 0.717) is 16.8 Å². The maximum atomic E-state index is 13.0. The van der Waals surface area contributed by atoms with Gasteiger partial charge in [-0.05, 0) is 36.8 Å². The van der Waals surface area contributed by atoms with Crippen LogP contribution in [0.4, 0.5) is 15.8 Å². The normalized spacial score (nSPS) is 10.1. The summed E-state index contributed by atoms with van der Waals surface area (Å²) >= 11 is 0. The highest BCUT2D eigenvalue weighted by Gasteiger charge is 2.12. The van der Waals surface area contributed by atoms with Crippen molar-refractivity contribution in [1.29, 1.82) is 0 Å². The van der Waals surface area contributed by atoms with E-state index in [0.717, 1.165) is 0 Å². The number of benzene rings is 2. The molecular weight excluding hydrogens is 263 g/mol. The predicted octanol–water partition coefficient (Wildman–Crippen LogP) is 3.29. The van der Waals surface area contributed by atoms with Crippen molar-refractivity contribution in [3.05, 3.63) is 69.5 Å². The molecule has 0 heterocycles. The molecule has 0 aliphatic carbocycles. The van der Waals surface area contributed by atoms with Crippen molar-refractivity contribution in [2.75, 3.05) is 5.32 Å². The number of hydrogen-bond donors (Lipinski definition) is 1. The van der Waals surface area contributed by atoms with Crippen LogP contribution in [0.3, 0.4) is 0 Å². The first-order valence-corrected chi connectivity index (χ1v) is 5.79. The van der Waals surface area contributed by atoms with Crippen LogP contribution in [0, 0.1) is 22.9 Å². The van der Waals surface area contributed by atoms with Gasteiger partial charge in [0.25, 0.3) is 11.6 Å². The maximum Gasteiger partial charge on any atom is 0.271 e. The van der Waals surface area contributed by atoms with Crippen LogP contribution in [0.25, 0.3) is 0 Å². The molecule has 2 aromatic rings. The Kier molecular flexibility index (Phi) is 3.74. The van der Waals surface area contributed by atoms with Crippen LogP contribution in [0.2, 0.25) is 0 Å². The molecule has 0 bridgehead atoms. The summed E-state index contributed by atoms with van der Waals surface area (Å²) < 4.78 is 13.0. The highest BCUT2D eigenvalue weighted by molar-refractivity contribution is 6.05. The predicted molar refractivity (Wildman–Crippen MR) is 72.2 cm³/mol. The molecule has 6 heteroatoms. The average molecular weight is 274 g/mol. The minimum Gasteiger partial charge on any atom is -0.322 e. The number of nitrogens with one attached hydrogen (secondary N) is 1. The summed E-state index contributed by atoms with van der Waals surface area (Å²) in [5, 5.41) is 13.2. The van der Waals surface area contributed by atoms with E-state index in [4.69, 9.17) is 0 Å². The quantitative estimate of drug-likeness (QED) is 0.689. The Bertz CT molecular complexity index is 686. The summed E-state index contributed by atoms with van der Waals surface area (Å²) in [6, 6.07) is 9.43. The zero-order chi connectivity index (χ0) is 14.7. The van der Waals surface area contributed by atoms with E-state index < -0.39 is 16.6 Å². The van der Waals surface area contributed by atoms with Gasteiger partial charge in [-0.2, -0.15) is 0 Å². The number of non-ortho nitro benzene ring substituents is 1. The number of anilines is 1. The van der Waals surface area contributed by atoms with Gasteiger partial charge in [-0.25, -0.2) is 4.39 Å². The summed E-state index contributed by atoms with van der Waals surface area (Å²) in [4.78, 5) is 22.1. The van der Waals surface area contributed by atoms with E-state index >= 15 is 0 Å². The van der Waals surface area contributed by atoms with E-state index in [1.54, 1.807) is 13.0 Å². The molecule has 1 amide bonds. The lowest BCUT2D eigenvalue weighted by Gasteiger charge is -2.07. The molecule has 0 atom stereocenters. The van der Waals surface area contributed by atoms with E-state index in [-0.39, 0.29) is 5.69 Å². The number of nitrogens with zero attached hydrogens (tertiary/aromatic N) is 1. The van der Waals surface area contributed by atoms with Gasteiger partial charge < -0.3 is 5.32 Å². The Morgan fingerprint density at radius 1 is 1.25 bits per heavy atom. The fourth-order valence-electron chi connectivity index (χ4n) is 1.78. The first-order chi connectivity index (χ1) is 9.47. The molecule has 0 radical (unpaired) electrons. The summed E-state index contributed by atoms with van der Waals surface area (Å²) in [6.07, 6.45) is 0. The fourth-order valence-corrected chi connectivity index (χ4v) is 1.78. The molecule has 5 nitrogen and oxygen atoms in total. The number of amides is 1. The SMILES string of the molecule is Cc1cc(F)ccc1C(=O)Nc1cccc([N+](=O)[O-])c1. The van der Waals surface area contributed by atoms with Crippen LogP contribution in [0.5, 0.6) is 0 Å². The molecule has 0 aromatic heterocycles. The van der Waals surface area contributed by atoms with Gasteiger partial charge >= 0.3 is 0 Å². The lowest BCUT2D eigenvalue weighted by atomic mass is 10.1. The first-order valence-electron chi connectivity index (χ1n) is 5.79. The van der Waals surface area contributed by atoms with Crippen molar-refractivity contribution in [3.63, 3.8) is 0 Å². The number of nitro groups is 1. The van der Waals surface area contributed by atoms with Gasteiger partial charge in [-0.3, -0.25) is 14.9 Å². The molecule has 0 saturated carbocycles. The molecule has 102 valence electrons. The van der Waals surface area contributed by atoms with E-state index in [1.807, 2.05) is 0 Å². The largest absolute Gasteiger partial charge is 0.322 e. The molecule has 0 unspecified atom stereocenters. The van der Waals surface area contributed by atoms with Crippen molar-refractivity contribution in [2.24, 2.45) is 0 Å². The number of rotatable bonds is 3. The molecule has 2 aromatic carbocycles. The Morgan fingerprint density at radius 3 is 2.65 bits per heavy atom. The van der Waals surface area contributed by atoms with Crippen LogP contribution in [-0.4, -0.2) is 10.8 Å². The van der Waals surface area contributed by atoms with Crippen molar-refractivity contribution in [3.8, 4) is 0 Å². The summed E-state index contributed by atoms with van der Waals surface area (Å²) in [5.41, 5.74) is 1.01. The van der Waals surface area contributed by atoms with Gasteiger partial charge in [0.15, 0.2) is 0 Å². The van der Waals surface area contributed by atoms with Gasteiger partial charge in [0.2, 0.25) is 0 Å². The second-order valence-corrected chi connectivity index (χ2v) is 4.22. The molecule has 1 N–H and O–H groups in total. The van der Waals surface area contributed by atoms with E-state index in [2.05, 4.69) is 5.32 Å². The standard InChI is InChI=1S/C14H11FN2O3/c1-9-7-10(15)5-6-13(9)14(18)16-11-3-2-4-12(8-11)17(19)20/h2-8H,1H3,(H,16,18). The first kappa shape index (κ1) is 13.7. The number of nitro benzene ring substituents is 1. The molecule has 0 spiro atoms. The zero-order valence-electron chi connectivity index (χ0n) is 10.6. The average Bonchev–Trinajstić information content (AvgIpc) is 2.38. The Hall–Kier alpha value is -2.76. The monoisotopic (exact) mass is 274 g/mol. The van der Waals surface area contributed by atoms with Crippen molar-refractivity contribution < 1.29 is 14.1 Å². The third kappa shape index (κ3) is 2.97. The number of halogens is 1. The summed E-state index contributed by atoms with van der Waals surface area (Å²) in [7, 11) is 0. The van der Waals surface area contributed by atoms with Crippen LogP contribution in [0.1, 0.15) is 15.9 Å². The van der Waals surface area contributed by atoms with Crippen molar-refractivity contribution in [1.82, 2.24) is 0 Å². The molecule has 0 aliphatic heterocycles. The highest BCUT2D eigenvalue weighted by Crippen LogP contribution is 2.18. The fraction of sp³-hybridized carbons (Fsp3) is 0.0714. The number of carbonyl (C=O) groups excluding carboxylic acids is 1. The lowest BCUT2D eigenvalue weighted by molar-refractivity contribution is -0.384. The molecular formula is C14H11FN2O3.